The summed E-state index contributed by atoms with van der Waals surface area (Å²) in [5.74, 6) is 1.02. The molecular formula is C19H22N4OS. The van der Waals surface area contributed by atoms with Gasteiger partial charge < -0.3 is 0 Å². The van der Waals surface area contributed by atoms with Gasteiger partial charge in [-0.05, 0) is 75.9 Å². The van der Waals surface area contributed by atoms with Gasteiger partial charge in [0, 0.05) is 17.0 Å². The van der Waals surface area contributed by atoms with Crippen molar-refractivity contribution in [2.45, 2.75) is 46.7 Å². The summed E-state index contributed by atoms with van der Waals surface area (Å²) in [5.41, 5.74) is 7.38. The predicted molar refractivity (Wildman–Crippen MR) is 101 cm³/mol. The number of rotatable bonds is 4. The van der Waals surface area contributed by atoms with Crippen LogP contribution in [0.4, 0.5) is 0 Å². The van der Waals surface area contributed by atoms with Crippen LogP contribution in [0.1, 0.15) is 44.0 Å². The van der Waals surface area contributed by atoms with Crippen LogP contribution in [0, 0.1) is 41.5 Å². The van der Waals surface area contributed by atoms with E-state index in [4.69, 9.17) is 0 Å². The summed E-state index contributed by atoms with van der Waals surface area (Å²) in [6.07, 6.45) is 0. The Morgan fingerprint density at radius 3 is 2.44 bits per heavy atom. The minimum atomic E-state index is 0.114. The molecule has 0 aliphatic rings. The van der Waals surface area contributed by atoms with Crippen LogP contribution in [-0.4, -0.2) is 31.1 Å². The summed E-state index contributed by atoms with van der Waals surface area (Å²) in [7, 11) is 0. The van der Waals surface area contributed by atoms with Crippen molar-refractivity contribution in [3.8, 4) is 0 Å². The minimum absolute atomic E-state index is 0.114. The van der Waals surface area contributed by atoms with Crippen molar-refractivity contribution in [3.05, 3.63) is 51.3 Å². The van der Waals surface area contributed by atoms with Gasteiger partial charge in [-0.3, -0.25) is 9.20 Å². The number of benzene rings is 1. The summed E-state index contributed by atoms with van der Waals surface area (Å²) in [5, 5.41) is 9.01. The Hall–Kier alpha value is -2.21. The van der Waals surface area contributed by atoms with Crippen LogP contribution in [-0.2, 0) is 0 Å². The molecule has 0 aliphatic heterocycles. The van der Waals surface area contributed by atoms with Gasteiger partial charge in [0.2, 0.25) is 0 Å². The fourth-order valence-corrected chi connectivity index (χ4v) is 3.87. The fourth-order valence-electron chi connectivity index (χ4n) is 3.00. The number of hydrogen-bond donors (Lipinski definition) is 0. The van der Waals surface area contributed by atoms with Crippen molar-refractivity contribution in [1.29, 1.82) is 0 Å². The van der Waals surface area contributed by atoms with Crippen molar-refractivity contribution in [2.75, 3.05) is 5.75 Å². The lowest BCUT2D eigenvalue weighted by atomic mass is 9.93. The number of nitrogens with zero attached hydrogens (tertiary/aromatic N) is 4. The molecule has 130 valence electrons. The van der Waals surface area contributed by atoms with Crippen molar-refractivity contribution in [3.63, 3.8) is 0 Å². The van der Waals surface area contributed by atoms with Crippen LogP contribution in [0.3, 0.4) is 0 Å². The molecular weight excluding hydrogens is 332 g/mol. The van der Waals surface area contributed by atoms with E-state index in [-0.39, 0.29) is 5.78 Å². The van der Waals surface area contributed by atoms with Gasteiger partial charge in [-0.15, -0.1) is 10.2 Å². The number of aromatic nitrogens is 4. The molecule has 0 atom stereocenters. The first-order chi connectivity index (χ1) is 11.8. The maximum Gasteiger partial charge on any atom is 0.256 e. The third kappa shape index (κ3) is 3.18. The van der Waals surface area contributed by atoms with Crippen LogP contribution in [0.15, 0.2) is 17.3 Å². The first-order valence-corrected chi connectivity index (χ1v) is 9.21. The van der Waals surface area contributed by atoms with E-state index in [1.54, 1.807) is 0 Å². The molecule has 0 N–H and O–H groups in total. The predicted octanol–water partition coefficient (Wildman–Crippen LogP) is 3.95. The Labute approximate surface area is 151 Å². The molecule has 5 nitrogen and oxygen atoms in total. The van der Waals surface area contributed by atoms with Crippen molar-refractivity contribution < 1.29 is 4.79 Å². The van der Waals surface area contributed by atoms with Gasteiger partial charge in [-0.1, -0.05) is 11.8 Å². The fraction of sp³-hybridized carbons (Fsp3) is 0.368. The Morgan fingerprint density at radius 2 is 1.72 bits per heavy atom. The number of ketones is 1. The second kappa shape index (κ2) is 6.59. The molecule has 6 heteroatoms. The molecule has 0 unspecified atom stereocenters. The Balaban J connectivity index is 1.87. The first-order valence-electron chi connectivity index (χ1n) is 8.22. The smallest absolute Gasteiger partial charge is 0.256 e. The van der Waals surface area contributed by atoms with Gasteiger partial charge >= 0.3 is 0 Å². The van der Waals surface area contributed by atoms with E-state index >= 15 is 0 Å². The van der Waals surface area contributed by atoms with E-state index in [1.807, 2.05) is 37.3 Å². The maximum atomic E-state index is 12.8. The summed E-state index contributed by atoms with van der Waals surface area (Å²) >= 11 is 1.40. The third-order valence-corrected chi connectivity index (χ3v) is 5.71. The number of aryl methyl sites for hydroxylation is 3. The topological polar surface area (TPSA) is 60.2 Å². The SMILES string of the molecule is Cc1cc(C)n2c(SCC(=O)c3cc(C)c(C)c(C)c3C)nnc2n1. The summed E-state index contributed by atoms with van der Waals surface area (Å²) in [6, 6.07) is 3.98. The van der Waals surface area contributed by atoms with Gasteiger partial charge in [-0.2, -0.15) is 0 Å². The quantitative estimate of drug-likeness (QED) is 0.524. The van der Waals surface area contributed by atoms with Crippen LogP contribution in [0.2, 0.25) is 0 Å². The van der Waals surface area contributed by atoms with E-state index in [1.165, 1.54) is 22.9 Å². The monoisotopic (exact) mass is 354 g/mol. The van der Waals surface area contributed by atoms with Gasteiger partial charge in [0.05, 0.1) is 5.75 Å². The Bertz CT molecular complexity index is 991. The van der Waals surface area contributed by atoms with E-state index in [0.717, 1.165) is 28.1 Å². The van der Waals surface area contributed by atoms with Crippen molar-refractivity contribution in [1.82, 2.24) is 19.6 Å². The van der Waals surface area contributed by atoms with E-state index < -0.39 is 0 Å². The van der Waals surface area contributed by atoms with Gasteiger partial charge in [-0.25, -0.2) is 4.98 Å². The molecule has 0 fully saturated rings. The van der Waals surface area contributed by atoms with Crippen LogP contribution < -0.4 is 0 Å². The highest BCUT2D eigenvalue weighted by Gasteiger charge is 2.16. The second-order valence-corrected chi connectivity index (χ2v) is 7.43. The molecule has 3 rings (SSSR count). The Morgan fingerprint density at radius 1 is 1.00 bits per heavy atom. The molecule has 0 bridgehead atoms. The van der Waals surface area contributed by atoms with E-state index in [2.05, 4.69) is 36.0 Å². The number of carbonyl (C=O) groups excluding carboxylic acids is 1. The minimum Gasteiger partial charge on any atom is -0.293 e. The highest BCUT2D eigenvalue weighted by atomic mass is 32.2. The summed E-state index contributed by atoms with van der Waals surface area (Å²) in [4.78, 5) is 17.1. The highest BCUT2D eigenvalue weighted by molar-refractivity contribution is 7.99. The average molecular weight is 354 g/mol. The molecule has 1 aromatic carbocycles. The number of carbonyl (C=O) groups is 1. The zero-order chi connectivity index (χ0) is 18.3. The number of thioether (sulfide) groups is 1. The largest absolute Gasteiger partial charge is 0.293 e. The number of hydrogen-bond acceptors (Lipinski definition) is 5. The van der Waals surface area contributed by atoms with Gasteiger partial charge in [0.1, 0.15) is 0 Å². The normalized spacial score (nSPS) is 11.3. The lowest BCUT2D eigenvalue weighted by Crippen LogP contribution is -2.08. The van der Waals surface area contributed by atoms with E-state index in [0.29, 0.717) is 16.7 Å². The molecule has 2 aromatic heterocycles. The van der Waals surface area contributed by atoms with Crippen LogP contribution >= 0.6 is 11.8 Å². The molecule has 25 heavy (non-hydrogen) atoms. The standard InChI is InChI=1S/C19H22N4OS/c1-10-7-16(15(6)14(5)13(10)4)17(24)9-25-19-22-21-18-20-11(2)8-12(3)23(18)19/h7-8H,9H2,1-6H3. The molecule has 0 spiro atoms. The van der Waals surface area contributed by atoms with Gasteiger partial charge in [0.15, 0.2) is 10.9 Å². The molecule has 0 radical (unpaired) electrons. The van der Waals surface area contributed by atoms with Crippen LogP contribution in [0.25, 0.3) is 5.78 Å². The third-order valence-electron chi connectivity index (χ3n) is 4.78. The molecule has 3 aromatic rings. The lowest BCUT2D eigenvalue weighted by Gasteiger charge is -2.13. The first kappa shape index (κ1) is 17.6. The van der Waals surface area contributed by atoms with E-state index in [9.17, 15) is 4.79 Å². The van der Waals surface area contributed by atoms with Crippen LogP contribution in [0.5, 0.6) is 0 Å². The molecule has 2 heterocycles. The maximum absolute atomic E-state index is 12.8. The second-order valence-electron chi connectivity index (χ2n) is 6.48. The number of Topliss-reactive ketones (excluding diaryl/α,β-unsaturated/α-hetero) is 1. The summed E-state index contributed by atoms with van der Waals surface area (Å²) in [6.45, 7) is 12.2. The van der Waals surface area contributed by atoms with Gasteiger partial charge in [0.25, 0.3) is 5.78 Å². The van der Waals surface area contributed by atoms with Crippen molar-refractivity contribution >= 4 is 23.3 Å². The highest BCUT2D eigenvalue weighted by Crippen LogP contribution is 2.24. The number of fused-ring (bicyclic) bond motifs is 1. The molecule has 0 saturated carbocycles. The summed E-state index contributed by atoms with van der Waals surface area (Å²) < 4.78 is 1.89. The lowest BCUT2D eigenvalue weighted by molar-refractivity contribution is 0.102. The Kier molecular flexibility index (Phi) is 4.64. The molecule has 0 saturated heterocycles. The zero-order valence-electron chi connectivity index (χ0n) is 15.5. The zero-order valence-corrected chi connectivity index (χ0v) is 16.3. The molecule has 0 amide bonds. The molecule has 0 aliphatic carbocycles. The average Bonchev–Trinajstić information content (AvgIpc) is 2.97. The van der Waals surface area contributed by atoms with Crippen molar-refractivity contribution in [2.24, 2.45) is 0 Å².